The summed E-state index contributed by atoms with van der Waals surface area (Å²) in [5, 5.41) is 0. The van der Waals surface area contributed by atoms with Crippen molar-refractivity contribution in [3.8, 4) is 0 Å². The first kappa shape index (κ1) is 26.9. The molecular formula is C24H50Si3. The zero-order valence-electron chi connectivity index (χ0n) is 20.3. The summed E-state index contributed by atoms with van der Waals surface area (Å²) in [6.07, 6.45) is 5.98. The average Bonchev–Trinajstić information content (AvgIpc) is 2.73. The molecule has 0 saturated heterocycles. The summed E-state index contributed by atoms with van der Waals surface area (Å²) in [5.41, 5.74) is 6.66. The van der Waals surface area contributed by atoms with E-state index in [1.54, 1.807) is 0 Å². The molecule has 0 rings (SSSR count). The third kappa shape index (κ3) is 6.45. The molecule has 0 heterocycles. The minimum Gasteiger partial charge on any atom is -0.134 e. The van der Waals surface area contributed by atoms with Crippen molar-refractivity contribution in [1.82, 2.24) is 0 Å². The van der Waals surface area contributed by atoms with Crippen LogP contribution >= 0.6 is 0 Å². The molecule has 0 aliphatic carbocycles. The highest BCUT2D eigenvalue weighted by molar-refractivity contribution is 7.07. The van der Waals surface area contributed by atoms with Crippen LogP contribution in [0.3, 0.4) is 0 Å². The Balaban J connectivity index is 5.99. The van der Waals surface area contributed by atoms with Crippen molar-refractivity contribution < 1.29 is 0 Å². The Morgan fingerprint density at radius 3 is 1.26 bits per heavy atom. The molecule has 0 fully saturated rings. The quantitative estimate of drug-likeness (QED) is 0.193. The molecule has 0 aromatic rings. The summed E-state index contributed by atoms with van der Waals surface area (Å²) in [6, 6.07) is 12.6. The van der Waals surface area contributed by atoms with E-state index in [1.165, 1.54) is 54.4 Å². The van der Waals surface area contributed by atoms with E-state index in [1.807, 2.05) is 4.82 Å². The molecule has 0 unspecified atom stereocenters. The first-order valence-corrected chi connectivity index (χ1v) is 20.0. The van der Waals surface area contributed by atoms with Gasteiger partial charge in [0.1, 0.15) is 0 Å². The van der Waals surface area contributed by atoms with Crippen molar-refractivity contribution in [1.29, 1.82) is 0 Å². The van der Waals surface area contributed by atoms with Gasteiger partial charge in [-0.15, -0.1) is 5.73 Å². The number of rotatable bonds is 14. The summed E-state index contributed by atoms with van der Waals surface area (Å²) >= 11 is 0. The van der Waals surface area contributed by atoms with Crippen LogP contribution in [0.5, 0.6) is 0 Å². The van der Waals surface area contributed by atoms with Crippen molar-refractivity contribution in [2.75, 3.05) is 0 Å². The summed E-state index contributed by atoms with van der Waals surface area (Å²) in [6.45, 7) is 22.0. The SMILES string of the molecule is CC[Si](/C=C/CC=C=C([Si](CC)(CC)CC)[Si](CC)(CC)CC)(CC)CC. The molecular weight excluding hydrogens is 373 g/mol. The summed E-state index contributed by atoms with van der Waals surface area (Å²) < 4.78 is 0. The minimum absolute atomic E-state index is 1.08. The van der Waals surface area contributed by atoms with Gasteiger partial charge < -0.3 is 0 Å². The number of allylic oxidation sites excluding steroid dienone is 2. The largest absolute Gasteiger partial charge is 0.134 e. The first-order valence-electron chi connectivity index (χ1n) is 12.0. The van der Waals surface area contributed by atoms with Crippen LogP contribution in [0, 0.1) is 0 Å². The molecule has 0 amide bonds. The maximum absolute atomic E-state index is 4.03. The monoisotopic (exact) mass is 422 g/mol. The molecule has 0 radical (unpaired) electrons. The maximum atomic E-state index is 4.03. The van der Waals surface area contributed by atoms with Gasteiger partial charge in [-0.3, -0.25) is 0 Å². The van der Waals surface area contributed by atoms with Crippen LogP contribution in [0.25, 0.3) is 0 Å². The predicted octanol–water partition coefficient (Wildman–Crippen LogP) is 9.16. The lowest BCUT2D eigenvalue weighted by atomic mass is 10.4. The summed E-state index contributed by atoms with van der Waals surface area (Å²) in [5.74, 6) is 0. The van der Waals surface area contributed by atoms with Crippen LogP contribution in [0.15, 0.2) is 28.4 Å². The van der Waals surface area contributed by atoms with E-state index in [0.29, 0.717) is 0 Å². The van der Waals surface area contributed by atoms with E-state index in [0.717, 1.165) is 6.42 Å². The van der Waals surface area contributed by atoms with Gasteiger partial charge in [0.15, 0.2) is 0 Å². The van der Waals surface area contributed by atoms with Crippen molar-refractivity contribution in [3.05, 3.63) is 28.4 Å². The lowest BCUT2D eigenvalue weighted by Crippen LogP contribution is -2.49. The Kier molecular flexibility index (Phi) is 13.1. The highest BCUT2D eigenvalue weighted by atomic mass is 28.4. The molecule has 158 valence electrons. The van der Waals surface area contributed by atoms with Gasteiger partial charge in [-0.2, -0.15) is 0 Å². The zero-order chi connectivity index (χ0) is 21.0. The highest BCUT2D eigenvalue weighted by Gasteiger charge is 2.43. The van der Waals surface area contributed by atoms with Crippen LogP contribution in [0.2, 0.25) is 54.4 Å². The topological polar surface area (TPSA) is 0 Å². The fourth-order valence-corrected chi connectivity index (χ4v) is 21.5. The van der Waals surface area contributed by atoms with Gasteiger partial charge >= 0.3 is 0 Å². The Morgan fingerprint density at radius 2 is 0.963 bits per heavy atom. The van der Waals surface area contributed by atoms with Crippen LogP contribution < -0.4 is 0 Å². The molecule has 3 heteroatoms. The van der Waals surface area contributed by atoms with E-state index >= 15 is 0 Å². The third-order valence-electron chi connectivity index (χ3n) is 8.21. The smallest absolute Gasteiger partial charge is 0.0856 e. The Morgan fingerprint density at radius 1 is 0.593 bits per heavy atom. The predicted molar refractivity (Wildman–Crippen MR) is 137 cm³/mol. The Labute approximate surface area is 175 Å². The zero-order valence-corrected chi connectivity index (χ0v) is 23.3. The third-order valence-corrected chi connectivity index (χ3v) is 27.1. The minimum atomic E-state index is -1.34. The van der Waals surface area contributed by atoms with Gasteiger partial charge in [0.25, 0.3) is 0 Å². The molecule has 0 aliphatic heterocycles. The Hall–Kier alpha value is -0.0894. The van der Waals surface area contributed by atoms with Crippen LogP contribution in [0.1, 0.15) is 68.7 Å². The van der Waals surface area contributed by atoms with Gasteiger partial charge in [-0.25, -0.2) is 0 Å². The Bertz CT molecular complexity index is 439. The normalized spacial score (nSPS) is 13.1. The van der Waals surface area contributed by atoms with Gasteiger partial charge in [0, 0.05) is 0 Å². The maximum Gasteiger partial charge on any atom is 0.0856 e. The lowest BCUT2D eigenvalue weighted by Gasteiger charge is -2.41. The standard InChI is InChI=1S/C24H50Si3/c1-10-25(11-2,12-3)23-21-19-20-22-24(26(13-4,14-5)15-6)27(16-7,17-8)18-9/h20-21,23H,10-19H2,1-9H3/b23-21+. The molecule has 0 aromatic heterocycles. The van der Waals surface area contributed by atoms with Crippen molar-refractivity contribution in [2.45, 2.75) is 123 Å². The van der Waals surface area contributed by atoms with Crippen LogP contribution in [-0.4, -0.2) is 24.2 Å². The van der Waals surface area contributed by atoms with Crippen molar-refractivity contribution >= 4 is 24.2 Å². The van der Waals surface area contributed by atoms with Crippen molar-refractivity contribution in [3.63, 3.8) is 0 Å². The first-order chi connectivity index (χ1) is 12.9. The molecule has 0 saturated carbocycles. The van der Waals surface area contributed by atoms with Gasteiger partial charge in [0.2, 0.25) is 0 Å². The van der Waals surface area contributed by atoms with Gasteiger partial charge in [-0.1, -0.05) is 133 Å². The highest BCUT2D eigenvalue weighted by Crippen LogP contribution is 2.39. The van der Waals surface area contributed by atoms with E-state index in [9.17, 15) is 0 Å². The van der Waals surface area contributed by atoms with E-state index in [2.05, 4.69) is 85.9 Å². The van der Waals surface area contributed by atoms with Crippen LogP contribution in [0.4, 0.5) is 0 Å². The summed E-state index contributed by atoms with van der Waals surface area (Å²) in [4.78, 5) is 1.90. The molecule has 0 bridgehead atoms. The second-order valence-electron chi connectivity index (χ2n) is 8.47. The van der Waals surface area contributed by atoms with Crippen LogP contribution in [-0.2, 0) is 0 Å². The van der Waals surface area contributed by atoms with Gasteiger partial charge in [0.05, 0.1) is 24.2 Å². The molecule has 0 N–H and O–H groups in total. The second-order valence-corrected chi connectivity index (χ2v) is 24.5. The van der Waals surface area contributed by atoms with E-state index in [-0.39, 0.29) is 0 Å². The average molecular weight is 423 g/mol. The molecule has 0 spiro atoms. The molecule has 27 heavy (non-hydrogen) atoms. The molecule has 0 aliphatic rings. The molecule has 0 aromatic carbocycles. The fourth-order valence-electron chi connectivity index (χ4n) is 5.08. The number of hydrogen-bond acceptors (Lipinski definition) is 0. The molecule has 0 nitrogen and oxygen atoms in total. The van der Waals surface area contributed by atoms with E-state index in [4.69, 9.17) is 0 Å². The van der Waals surface area contributed by atoms with Gasteiger partial charge in [-0.05, 0) is 12.5 Å². The van der Waals surface area contributed by atoms with Crippen molar-refractivity contribution in [2.24, 2.45) is 0 Å². The van der Waals surface area contributed by atoms with E-state index < -0.39 is 24.2 Å². The second kappa shape index (κ2) is 13.2. The molecule has 0 atom stereocenters. The summed E-state index contributed by atoms with van der Waals surface area (Å²) in [7, 11) is -3.81. The lowest BCUT2D eigenvalue weighted by molar-refractivity contribution is 1.14. The number of hydrogen-bond donors (Lipinski definition) is 0. The fraction of sp³-hybridized carbons (Fsp3) is 0.792.